The summed E-state index contributed by atoms with van der Waals surface area (Å²) in [6, 6.07) is 8.43. The molecule has 1 fully saturated rings. The number of hydrogen-bond donors (Lipinski definition) is 0. The fourth-order valence-corrected chi connectivity index (χ4v) is 4.07. The SMILES string of the molecule is CC1(C)C(Cl)CC[C@]2(C)Oc3ccccc3C[C@@H]12. The molecule has 0 N–H and O–H groups in total. The number of halogens is 1. The third-order valence-corrected chi connectivity index (χ3v) is 5.86. The van der Waals surface area contributed by atoms with Crippen molar-refractivity contribution in [2.75, 3.05) is 0 Å². The number of hydrogen-bond acceptors (Lipinski definition) is 1. The highest BCUT2D eigenvalue weighted by molar-refractivity contribution is 6.21. The van der Waals surface area contributed by atoms with Crippen LogP contribution in [0, 0.1) is 11.3 Å². The Kier molecular flexibility index (Phi) is 2.68. The number of benzene rings is 1. The van der Waals surface area contributed by atoms with E-state index in [4.69, 9.17) is 16.3 Å². The smallest absolute Gasteiger partial charge is 0.123 e. The Balaban J connectivity index is 2.04. The van der Waals surface area contributed by atoms with Crippen molar-refractivity contribution in [3.8, 4) is 5.75 Å². The standard InChI is InChI=1S/C16H21ClO/c1-15(2)13-10-11-6-4-5-7-12(11)18-16(13,3)9-8-14(15)17/h4-7,13-14H,8-10H2,1-3H3/t13-,14?,16-/m0/s1. The van der Waals surface area contributed by atoms with Gasteiger partial charge in [0.05, 0.1) is 0 Å². The van der Waals surface area contributed by atoms with Gasteiger partial charge in [-0.15, -0.1) is 11.6 Å². The monoisotopic (exact) mass is 264 g/mol. The van der Waals surface area contributed by atoms with Crippen LogP contribution in [0.25, 0.3) is 0 Å². The zero-order chi connectivity index (χ0) is 13.0. The van der Waals surface area contributed by atoms with Crippen LogP contribution in [0.15, 0.2) is 24.3 Å². The summed E-state index contributed by atoms with van der Waals surface area (Å²) in [4.78, 5) is 0. The molecule has 98 valence electrons. The summed E-state index contributed by atoms with van der Waals surface area (Å²) in [5, 5.41) is 0.254. The summed E-state index contributed by atoms with van der Waals surface area (Å²) < 4.78 is 6.35. The fraction of sp³-hybridized carbons (Fsp3) is 0.625. The average Bonchev–Trinajstić information content (AvgIpc) is 2.33. The number of ether oxygens (including phenoxy) is 1. The van der Waals surface area contributed by atoms with E-state index < -0.39 is 0 Å². The summed E-state index contributed by atoms with van der Waals surface area (Å²) in [7, 11) is 0. The summed E-state index contributed by atoms with van der Waals surface area (Å²) in [6.45, 7) is 6.85. The average molecular weight is 265 g/mol. The molecule has 1 unspecified atom stereocenters. The number of alkyl halides is 1. The number of para-hydroxylation sites is 1. The van der Waals surface area contributed by atoms with Crippen molar-refractivity contribution in [3.05, 3.63) is 29.8 Å². The van der Waals surface area contributed by atoms with Crippen molar-refractivity contribution in [2.45, 2.75) is 51.0 Å². The Morgan fingerprint density at radius 2 is 1.94 bits per heavy atom. The maximum atomic E-state index is 6.56. The summed E-state index contributed by atoms with van der Waals surface area (Å²) >= 11 is 6.56. The predicted octanol–water partition coefficient (Wildman–Crippen LogP) is 4.42. The van der Waals surface area contributed by atoms with Gasteiger partial charge < -0.3 is 4.74 Å². The molecule has 0 amide bonds. The summed E-state index contributed by atoms with van der Waals surface area (Å²) in [5.41, 5.74) is 1.41. The van der Waals surface area contributed by atoms with Gasteiger partial charge in [0, 0.05) is 11.3 Å². The molecule has 1 heterocycles. The first kappa shape index (κ1) is 12.3. The largest absolute Gasteiger partial charge is 0.487 e. The minimum absolute atomic E-state index is 0.0523. The van der Waals surface area contributed by atoms with E-state index in [9.17, 15) is 0 Å². The molecule has 1 nitrogen and oxygen atoms in total. The molecule has 0 radical (unpaired) electrons. The van der Waals surface area contributed by atoms with Gasteiger partial charge in [-0.3, -0.25) is 0 Å². The van der Waals surface area contributed by atoms with Gasteiger partial charge in [-0.2, -0.15) is 0 Å². The number of rotatable bonds is 0. The second-order valence-corrected chi connectivity index (χ2v) is 7.13. The van der Waals surface area contributed by atoms with Gasteiger partial charge in [0.1, 0.15) is 11.4 Å². The van der Waals surface area contributed by atoms with Gasteiger partial charge in [-0.25, -0.2) is 0 Å². The van der Waals surface area contributed by atoms with Crippen LogP contribution in [0.2, 0.25) is 0 Å². The van der Waals surface area contributed by atoms with Gasteiger partial charge in [0.2, 0.25) is 0 Å². The van der Waals surface area contributed by atoms with Gasteiger partial charge in [-0.05, 0) is 43.2 Å². The molecular formula is C16H21ClO. The Morgan fingerprint density at radius 1 is 1.22 bits per heavy atom. The molecule has 2 aliphatic rings. The zero-order valence-electron chi connectivity index (χ0n) is 11.4. The predicted molar refractivity (Wildman–Crippen MR) is 75.3 cm³/mol. The lowest BCUT2D eigenvalue weighted by atomic mass is 9.59. The van der Waals surface area contributed by atoms with Gasteiger partial charge in [-0.1, -0.05) is 32.0 Å². The summed E-state index contributed by atoms with van der Waals surface area (Å²) in [5.74, 6) is 1.57. The van der Waals surface area contributed by atoms with Crippen LogP contribution in [0.5, 0.6) is 5.75 Å². The molecule has 1 aliphatic heterocycles. The second-order valence-electron chi connectivity index (χ2n) is 6.61. The van der Waals surface area contributed by atoms with Crippen LogP contribution >= 0.6 is 11.6 Å². The summed E-state index contributed by atoms with van der Waals surface area (Å²) in [6.07, 6.45) is 3.19. The first-order valence-electron chi connectivity index (χ1n) is 6.84. The lowest BCUT2D eigenvalue weighted by Gasteiger charge is -2.55. The van der Waals surface area contributed by atoms with Gasteiger partial charge in [0.25, 0.3) is 0 Å². The third-order valence-electron chi connectivity index (χ3n) is 5.08. The Labute approximate surface area is 114 Å². The Bertz CT molecular complexity index is 468. The van der Waals surface area contributed by atoms with Gasteiger partial charge >= 0.3 is 0 Å². The number of fused-ring (bicyclic) bond motifs is 2. The van der Waals surface area contributed by atoms with E-state index in [2.05, 4.69) is 45.0 Å². The molecule has 3 rings (SSSR count). The molecule has 0 bridgehead atoms. The van der Waals surface area contributed by atoms with E-state index in [-0.39, 0.29) is 16.4 Å². The van der Waals surface area contributed by atoms with Crippen LogP contribution in [-0.4, -0.2) is 11.0 Å². The normalized spacial score (nSPS) is 37.3. The highest BCUT2D eigenvalue weighted by Gasteiger charge is 2.54. The molecule has 1 aromatic carbocycles. The highest BCUT2D eigenvalue weighted by Crippen LogP contribution is 2.54. The second kappa shape index (κ2) is 3.90. The first-order chi connectivity index (χ1) is 8.43. The van der Waals surface area contributed by atoms with Crippen molar-refractivity contribution >= 4 is 11.6 Å². The molecule has 18 heavy (non-hydrogen) atoms. The molecule has 0 saturated heterocycles. The quantitative estimate of drug-likeness (QED) is 0.630. The molecule has 0 spiro atoms. The molecule has 3 atom stereocenters. The van der Waals surface area contributed by atoms with Crippen LogP contribution in [-0.2, 0) is 6.42 Å². The lowest BCUT2D eigenvalue weighted by molar-refractivity contribution is -0.0793. The molecule has 0 aromatic heterocycles. The van der Waals surface area contributed by atoms with Crippen molar-refractivity contribution in [3.63, 3.8) is 0 Å². The van der Waals surface area contributed by atoms with E-state index in [0.29, 0.717) is 5.92 Å². The van der Waals surface area contributed by atoms with E-state index in [1.165, 1.54) is 5.56 Å². The molecule has 1 aliphatic carbocycles. The Morgan fingerprint density at radius 3 is 2.72 bits per heavy atom. The van der Waals surface area contributed by atoms with Crippen molar-refractivity contribution in [1.82, 2.24) is 0 Å². The van der Waals surface area contributed by atoms with Crippen molar-refractivity contribution < 1.29 is 4.74 Å². The van der Waals surface area contributed by atoms with Crippen LogP contribution in [0.3, 0.4) is 0 Å². The maximum absolute atomic E-state index is 6.56. The molecular weight excluding hydrogens is 244 g/mol. The minimum Gasteiger partial charge on any atom is -0.487 e. The van der Waals surface area contributed by atoms with Crippen LogP contribution in [0.4, 0.5) is 0 Å². The van der Waals surface area contributed by atoms with E-state index in [0.717, 1.165) is 25.0 Å². The minimum atomic E-state index is -0.0523. The van der Waals surface area contributed by atoms with Crippen molar-refractivity contribution in [2.24, 2.45) is 11.3 Å². The molecule has 1 aromatic rings. The first-order valence-corrected chi connectivity index (χ1v) is 7.28. The molecule has 1 saturated carbocycles. The van der Waals surface area contributed by atoms with Crippen molar-refractivity contribution in [1.29, 1.82) is 0 Å². The fourth-order valence-electron chi connectivity index (χ4n) is 3.81. The van der Waals surface area contributed by atoms with E-state index >= 15 is 0 Å². The maximum Gasteiger partial charge on any atom is 0.123 e. The Hall–Kier alpha value is -0.690. The highest BCUT2D eigenvalue weighted by atomic mass is 35.5. The topological polar surface area (TPSA) is 9.23 Å². The van der Waals surface area contributed by atoms with Crippen LogP contribution in [0.1, 0.15) is 39.2 Å². The van der Waals surface area contributed by atoms with Crippen LogP contribution < -0.4 is 4.74 Å². The molecule has 2 heteroatoms. The van der Waals surface area contributed by atoms with E-state index in [1.807, 2.05) is 0 Å². The lowest BCUT2D eigenvalue weighted by Crippen LogP contribution is -2.57. The third kappa shape index (κ3) is 1.67. The zero-order valence-corrected chi connectivity index (χ0v) is 12.1. The van der Waals surface area contributed by atoms with E-state index in [1.54, 1.807) is 0 Å². The van der Waals surface area contributed by atoms with Gasteiger partial charge in [0.15, 0.2) is 0 Å².